The molecule has 1 aromatic heterocycles. The molecule has 2 unspecified atom stereocenters. The minimum atomic E-state index is -0.402. The normalized spacial score (nSPS) is 26.3. The van der Waals surface area contributed by atoms with Gasteiger partial charge < -0.3 is 14.3 Å². The Morgan fingerprint density at radius 2 is 2.15 bits per heavy atom. The predicted octanol–water partition coefficient (Wildman–Crippen LogP) is 0.142. The topological polar surface area (TPSA) is 79.5 Å². The van der Waals surface area contributed by atoms with Gasteiger partial charge in [0.25, 0.3) is 0 Å². The average Bonchev–Trinajstić information content (AvgIpc) is 3.05. The zero-order valence-electron chi connectivity index (χ0n) is 11.7. The fourth-order valence-corrected chi connectivity index (χ4v) is 3.00. The van der Waals surface area contributed by atoms with Crippen LogP contribution >= 0.6 is 0 Å². The molecule has 7 nitrogen and oxygen atoms in total. The first-order valence-corrected chi connectivity index (χ1v) is 6.98. The lowest BCUT2D eigenvalue weighted by Crippen LogP contribution is -2.62. The van der Waals surface area contributed by atoms with Crippen molar-refractivity contribution in [3.63, 3.8) is 0 Å². The van der Waals surface area contributed by atoms with E-state index in [9.17, 15) is 9.59 Å². The second-order valence-electron chi connectivity index (χ2n) is 5.38. The lowest BCUT2D eigenvalue weighted by Gasteiger charge is -2.40. The highest BCUT2D eigenvalue weighted by Gasteiger charge is 2.45. The summed E-state index contributed by atoms with van der Waals surface area (Å²) in [5.41, 5.74) is 0. The van der Waals surface area contributed by atoms with Crippen molar-refractivity contribution in [1.29, 1.82) is 0 Å². The molecule has 7 heteroatoms. The average molecular weight is 278 g/mol. The van der Waals surface area contributed by atoms with E-state index in [0.29, 0.717) is 31.2 Å². The summed E-state index contributed by atoms with van der Waals surface area (Å²) in [4.78, 5) is 32.2. The molecule has 2 saturated heterocycles. The van der Waals surface area contributed by atoms with E-state index in [-0.39, 0.29) is 17.9 Å². The van der Waals surface area contributed by atoms with E-state index < -0.39 is 6.04 Å². The van der Waals surface area contributed by atoms with Crippen LogP contribution in [0.2, 0.25) is 0 Å². The van der Waals surface area contributed by atoms with E-state index in [0.717, 1.165) is 12.8 Å². The van der Waals surface area contributed by atoms with Crippen LogP contribution in [-0.2, 0) is 16.0 Å². The van der Waals surface area contributed by atoms with Crippen molar-refractivity contribution in [2.75, 3.05) is 13.1 Å². The molecule has 3 rings (SSSR count). The van der Waals surface area contributed by atoms with E-state index in [1.54, 1.807) is 23.6 Å². The monoisotopic (exact) mass is 278 g/mol. The van der Waals surface area contributed by atoms with Crippen LogP contribution in [-0.4, -0.2) is 56.9 Å². The van der Waals surface area contributed by atoms with Crippen LogP contribution in [0, 0.1) is 6.92 Å². The molecule has 20 heavy (non-hydrogen) atoms. The van der Waals surface area contributed by atoms with Crippen molar-refractivity contribution in [2.45, 2.75) is 45.2 Å². The van der Waals surface area contributed by atoms with Gasteiger partial charge in [0.15, 0.2) is 5.82 Å². The molecule has 0 radical (unpaired) electrons. The first-order chi connectivity index (χ1) is 9.58. The molecule has 0 N–H and O–H groups in total. The maximum atomic E-state index is 12.5. The van der Waals surface area contributed by atoms with Gasteiger partial charge in [-0.3, -0.25) is 9.59 Å². The number of nitrogens with zero attached hydrogens (tertiary/aromatic N) is 4. The van der Waals surface area contributed by atoms with Crippen molar-refractivity contribution in [3.8, 4) is 0 Å². The first-order valence-electron chi connectivity index (χ1n) is 6.98. The van der Waals surface area contributed by atoms with E-state index in [1.165, 1.54) is 0 Å². The highest BCUT2D eigenvalue weighted by molar-refractivity contribution is 5.97. The molecule has 2 aliphatic heterocycles. The van der Waals surface area contributed by atoms with Gasteiger partial charge in [0, 0.05) is 19.5 Å². The van der Waals surface area contributed by atoms with Gasteiger partial charge in [0.05, 0.1) is 0 Å². The molecule has 2 atom stereocenters. The van der Waals surface area contributed by atoms with Crippen molar-refractivity contribution in [3.05, 3.63) is 11.7 Å². The van der Waals surface area contributed by atoms with Crippen LogP contribution in [0.5, 0.6) is 0 Å². The third-order valence-corrected chi connectivity index (χ3v) is 4.07. The van der Waals surface area contributed by atoms with Gasteiger partial charge >= 0.3 is 0 Å². The summed E-state index contributed by atoms with van der Waals surface area (Å²) >= 11 is 0. The first kappa shape index (κ1) is 13.1. The third-order valence-electron chi connectivity index (χ3n) is 4.07. The van der Waals surface area contributed by atoms with Gasteiger partial charge in [-0.15, -0.1) is 0 Å². The molecule has 0 aliphatic carbocycles. The summed E-state index contributed by atoms with van der Waals surface area (Å²) in [6.45, 7) is 4.68. The highest BCUT2D eigenvalue weighted by atomic mass is 16.5. The molecule has 2 aliphatic rings. The lowest BCUT2D eigenvalue weighted by atomic mass is 10.1. The van der Waals surface area contributed by atoms with Crippen LogP contribution in [0.1, 0.15) is 31.5 Å². The van der Waals surface area contributed by atoms with Gasteiger partial charge in [0.2, 0.25) is 17.7 Å². The van der Waals surface area contributed by atoms with Gasteiger partial charge in [-0.25, -0.2) is 0 Å². The molecule has 0 aromatic carbocycles. The van der Waals surface area contributed by atoms with E-state index >= 15 is 0 Å². The van der Waals surface area contributed by atoms with Gasteiger partial charge in [-0.2, -0.15) is 4.98 Å². The summed E-state index contributed by atoms with van der Waals surface area (Å²) in [5.74, 6) is 1.18. The van der Waals surface area contributed by atoms with Crippen LogP contribution < -0.4 is 0 Å². The molecule has 3 heterocycles. The highest BCUT2D eigenvalue weighted by Crippen LogP contribution is 2.26. The fourth-order valence-electron chi connectivity index (χ4n) is 3.00. The molecule has 2 fully saturated rings. The maximum absolute atomic E-state index is 12.5. The number of aryl methyl sites for hydroxylation is 1. The summed E-state index contributed by atoms with van der Waals surface area (Å²) in [7, 11) is 0. The van der Waals surface area contributed by atoms with Crippen molar-refractivity contribution in [1.82, 2.24) is 19.9 Å². The van der Waals surface area contributed by atoms with Crippen LogP contribution in [0.4, 0.5) is 0 Å². The summed E-state index contributed by atoms with van der Waals surface area (Å²) in [6, 6.07) is -0.663. The SMILES string of the molecule is Cc1noc(CCN2C(=O)C3CCCN3C(=O)C2C)n1. The lowest BCUT2D eigenvalue weighted by molar-refractivity contribution is -0.158. The zero-order valence-corrected chi connectivity index (χ0v) is 11.7. The zero-order chi connectivity index (χ0) is 14.3. The number of rotatable bonds is 3. The molecule has 0 spiro atoms. The Morgan fingerprint density at radius 3 is 2.85 bits per heavy atom. The standard InChI is InChI=1S/C13H18N4O3/c1-8-12(18)17-6-3-4-10(17)13(19)16(8)7-5-11-14-9(2)15-20-11/h8,10H,3-7H2,1-2H3. The van der Waals surface area contributed by atoms with Crippen LogP contribution in [0.15, 0.2) is 4.52 Å². The Kier molecular flexibility index (Phi) is 3.19. The minimum Gasteiger partial charge on any atom is -0.339 e. The summed E-state index contributed by atoms with van der Waals surface area (Å²) in [6.07, 6.45) is 2.16. The van der Waals surface area contributed by atoms with Gasteiger partial charge in [-0.05, 0) is 26.7 Å². The fraction of sp³-hybridized carbons (Fsp3) is 0.692. The third kappa shape index (κ3) is 2.07. The van der Waals surface area contributed by atoms with E-state index in [1.807, 2.05) is 0 Å². The van der Waals surface area contributed by atoms with E-state index in [4.69, 9.17) is 4.52 Å². The Balaban J connectivity index is 1.71. The maximum Gasteiger partial charge on any atom is 0.246 e. The van der Waals surface area contributed by atoms with Crippen LogP contribution in [0.3, 0.4) is 0 Å². The summed E-state index contributed by atoms with van der Waals surface area (Å²) in [5, 5.41) is 3.72. The second kappa shape index (κ2) is 4.88. The number of carbonyl (C=O) groups excluding carboxylic acids is 2. The Bertz CT molecular complexity index is 541. The number of hydrogen-bond donors (Lipinski definition) is 0. The largest absolute Gasteiger partial charge is 0.339 e. The van der Waals surface area contributed by atoms with Crippen LogP contribution in [0.25, 0.3) is 0 Å². The minimum absolute atomic E-state index is 0.0471. The predicted molar refractivity (Wildman–Crippen MR) is 68.6 cm³/mol. The van der Waals surface area contributed by atoms with Gasteiger partial charge in [0.1, 0.15) is 12.1 Å². The Morgan fingerprint density at radius 1 is 1.35 bits per heavy atom. The number of carbonyl (C=O) groups is 2. The Labute approximate surface area is 116 Å². The number of aromatic nitrogens is 2. The number of amides is 2. The molecule has 0 saturated carbocycles. The molecule has 108 valence electrons. The number of piperazine rings is 1. The number of fused-ring (bicyclic) bond motifs is 1. The smallest absolute Gasteiger partial charge is 0.246 e. The molecule has 2 amide bonds. The molecule has 0 bridgehead atoms. The molecule has 1 aromatic rings. The Hall–Kier alpha value is -1.92. The van der Waals surface area contributed by atoms with Gasteiger partial charge in [-0.1, -0.05) is 5.16 Å². The molecular weight excluding hydrogens is 260 g/mol. The van der Waals surface area contributed by atoms with E-state index in [2.05, 4.69) is 10.1 Å². The second-order valence-corrected chi connectivity index (χ2v) is 5.38. The quantitative estimate of drug-likeness (QED) is 0.786. The molecular formula is C13H18N4O3. The number of hydrogen-bond acceptors (Lipinski definition) is 5. The van der Waals surface area contributed by atoms with Crippen molar-refractivity contribution in [2.24, 2.45) is 0 Å². The van der Waals surface area contributed by atoms with Crippen molar-refractivity contribution < 1.29 is 14.1 Å². The summed E-state index contributed by atoms with van der Waals surface area (Å²) < 4.78 is 5.04. The van der Waals surface area contributed by atoms with Crippen molar-refractivity contribution >= 4 is 11.8 Å².